The van der Waals surface area contributed by atoms with Crippen LogP contribution in [0.5, 0.6) is 0 Å². The monoisotopic (exact) mass is 1420 g/mol. The van der Waals surface area contributed by atoms with Gasteiger partial charge in [-0.3, -0.25) is 4.79 Å². The van der Waals surface area contributed by atoms with Gasteiger partial charge in [-0.15, -0.1) is 90.7 Å². The van der Waals surface area contributed by atoms with E-state index in [1.165, 1.54) is 90.0 Å². The van der Waals surface area contributed by atoms with Crippen molar-refractivity contribution in [2.24, 2.45) is 0 Å². The van der Waals surface area contributed by atoms with E-state index < -0.39 is 0 Å². The smallest absolute Gasteiger partial charge is 0.263 e. The Morgan fingerprint density at radius 1 is 0.521 bits per heavy atom. The number of aldehydes is 1. The highest BCUT2D eigenvalue weighted by Crippen LogP contribution is 2.44. The number of fused-ring (bicyclic) bond motifs is 11. The molecule has 0 fully saturated rings. The molecule has 0 saturated carbocycles. The van der Waals surface area contributed by atoms with Gasteiger partial charge in [-0.2, -0.15) is 0 Å². The number of thiophene rings is 8. The first kappa shape index (κ1) is 54.0. The third-order valence-electron chi connectivity index (χ3n) is 11.0. The largest absolute Gasteiger partial charge is 0.378 e. The maximum atomic E-state index is 10.8. The van der Waals surface area contributed by atoms with E-state index in [1.807, 2.05) is 69.1 Å². The standard InChI is InChI=1S/C16H11N3S2.C13H11NOS2.C10H5BrS2.C8H3Br3S.C8H5BrS/c1-18-10(9-17)6-12-8-15-16(20-12)13-5-4-11(19(2)3)7-14(13)21-15;1-14(2)8-3-4-10-11(5-8)17-12-6-9(7-15)16-13(10)12;11-6-1-2-7-9(5-6)13-8-3-4-12-10(7)8;9-4-1-2-5-6(3-4)12-8(11)7(5)10;9-7-2-1-6-3-4-10-8(6)5-7/h4-8H,2-3H3;3-7H,1-2H3;1-5H;1-3H;1-5H/b10-6-;;;;. The number of allylic oxidation sites excluding steroid dienone is 1. The highest BCUT2D eigenvalue weighted by molar-refractivity contribution is 9.13. The molecule has 0 aliphatic rings. The summed E-state index contributed by atoms with van der Waals surface area (Å²) in [6.45, 7) is 6.94. The van der Waals surface area contributed by atoms with Crippen molar-refractivity contribution in [3.05, 3.63) is 175 Å². The lowest BCUT2D eigenvalue weighted by molar-refractivity contribution is 0.112. The van der Waals surface area contributed by atoms with E-state index in [0.29, 0.717) is 0 Å². The summed E-state index contributed by atoms with van der Waals surface area (Å²) in [6.07, 6.45) is 2.59. The summed E-state index contributed by atoms with van der Waals surface area (Å²) in [5.74, 6) is 0. The summed E-state index contributed by atoms with van der Waals surface area (Å²) in [6, 6.07) is 42.3. The average Bonchev–Trinajstić information content (AvgIpc) is 4.26. The molecule has 0 saturated heterocycles. The Hall–Kier alpha value is -3.83. The van der Waals surface area contributed by atoms with Crippen LogP contribution in [-0.2, 0) is 0 Å². The minimum atomic E-state index is 0.128. The molecular weight excluding hydrogens is 1390 g/mol. The van der Waals surface area contributed by atoms with Crippen LogP contribution in [0.2, 0.25) is 0 Å². The van der Waals surface area contributed by atoms with Crippen LogP contribution in [0.15, 0.2) is 153 Å². The zero-order valence-corrected chi connectivity index (χ0v) is 53.1. The molecular formula is C55H35Br5N4OS8. The molecule has 0 amide bonds. The number of rotatable bonds is 4. The summed E-state index contributed by atoms with van der Waals surface area (Å²) in [5, 5.41) is 19.6. The summed E-state index contributed by atoms with van der Waals surface area (Å²) in [7, 11) is 8.16. The highest BCUT2D eigenvalue weighted by atomic mass is 79.9. The molecule has 18 heteroatoms. The fourth-order valence-electron chi connectivity index (χ4n) is 7.42. The normalized spacial score (nSPS) is 11.2. The van der Waals surface area contributed by atoms with Crippen LogP contribution < -0.4 is 9.80 Å². The molecule has 0 aliphatic heterocycles. The van der Waals surface area contributed by atoms with Crippen LogP contribution >= 0.6 is 170 Å². The summed E-state index contributed by atoms with van der Waals surface area (Å²) in [5.41, 5.74) is 2.53. The van der Waals surface area contributed by atoms with Gasteiger partial charge in [0.1, 0.15) is 0 Å². The maximum absolute atomic E-state index is 10.8. The van der Waals surface area contributed by atoms with Gasteiger partial charge >= 0.3 is 0 Å². The molecule has 13 rings (SSSR count). The van der Waals surface area contributed by atoms with Crippen molar-refractivity contribution in [2.45, 2.75) is 0 Å². The molecule has 0 unspecified atom stereocenters. The number of nitriles is 1. The predicted octanol–water partition coefficient (Wildman–Crippen LogP) is 22.7. The molecule has 5 aromatic carbocycles. The topological polar surface area (TPSA) is 51.7 Å². The second kappa shape index (κ2) is 24.0. The maximum Gasteiger partial charge on any atom is 0.263 e. The number of anilines is 2. The molecule has 0 radical (unpaired) electrons. The van der Waals surface area contributed by atoms with Crippen LogP contribution in [0.1, 0.15) is 14.5 Å². The van der Waals surface area contributed by atoms with E-state index in [0.717, 1.165) is 37.7 Å². The fourth-order valence-corrected chi connectivity index (χ4v) is 19.3. The third-order valence-corrected chi connectivity index (χ3v) is 23.6. The molecule has 73 heavy (non-hydrogen) atoms. The quantitative estimate of drug-likeness (QED) is 0.100. The number of hydrogen-bond donors (Lipinski definition) is 0. The number of nitrogens with zero attached hydrogens (tertiary/aromatic N) is 4. The summed E-state index contributed by atoms with van der Waals surface area (Å²) < 4.78 is 20.0. The molecule has 0 aliphatic carbocycles. The Kier molecular flexibility index (Phi) is 17.8. The molecule has 0 atom stereocenters. The van der Waals surface area contributed by atoms with Gasteiger partial charge in [-0.1, -0.05) is 78.1 Å². The van der Waals surface area contributed by atoms with Gasteiger partial charge in [-0.25, -0.2) is 10.1 Å². The van der Waals surface area contributed by atoms with Gasteiger partial charge in [0.2, 0.25) is 0 Å². The van der Waals surface area contributed by atoms with E-state index in [1.54, 1.807) is 74.1 Å². The molecule has 13 aromatic rings. The van der Waals surface area contributed by atoms with Crippen molar-refractivity contribution in [1.29, 1.82) is 5.26 Å². The number of hydrogen-bond acceptors (Lipinski definition) is 12. The van der Waals surface area contributed by atoms with E-state index in [4.69, 9.17) is 11.8 Å². The SMILES string of the molecule is Brc1ccc2c(Br)c(Br)sc2c1.Brc1ccc2c(c1)sc1ccsc12.Brc1ccc2ccsc2c1.CN(C)c1ccc2c(c1)sc1cc(C=O)sc12.[C-]#[N+]/C(C#N)=C\c1cc2sc3cc(N(C)C)ccc3c2s1. The van der Waals surface area contributed by atoms with E-state index in [2.05, 4.69) is 208 Å². The number of halogens is 5. The van der Waals surface area contributed by atoms with Crippen molar-refractivity contribution in [1.82, 2.24) is 0 Å². The van der Waals surface area contributed by atoms with Crippen LogP contribution in [0.3, 0.4) is 0 Å². The van der Waals surface area contributed by atoms with Crippen LogP contribution in [0, 0.1) is 17.9 Å². The van der Waals surface area contributed by atoms with Crippen LogP contribution in [0.4, 0.5) is 11.4 Å². The number of carbonyl (C=O) groups is 1. The molecule has 8 aromatic heterocycles. The fraction of sp³-hybridized carbons (Fsp3) is 0.0727. The van der Waals surface area contributed by atoms with Crippen molar-refractivity contribution in [3.8, 4) is 6.07 Å². The van der Waals surface area contributed by atoms with Gasteiger partial charge in [0.25, 0.3) is 5.70 Å². The second-order valence-corrected chi connectivity index (χ2v) is 29.4. The summed E-state index contributed by atoms with van der Waals surface area (Å²) >= 11 is 31.3. The number of carbonyl (C=O) groups excluding carboxylic acids is 1. The minimum Gasteiger partial charge on any atom is -0.378 e. The van der Waals surface area contributed by atoms with E-state index in [-0.39, 0.29) is 5.70 Å². The lowest BCUT2D eigenvalue weighted by Crippen LogP contribution is -2.07. The van der Waals surface area contributed by atoms with Gasteiger partial charge in [0, 0.05) is 117 Å². The molecule has 0 N–H and O–H groups in total. The van der Waals surface area contributed by atoms with Crippen molar-refractivity contribution in [3.63, 3.8) is 0 Å². The highest BCUT2D eigenvalue weighted by Gasteiger charge is 2.13. The minimum absolute atomic E-state index is 0.128. The van der Waals surface area contributed by atoms with E-state index in [9.17, 15) is 4.79 Å². The molecule has 5 nitrogen and oxygen atoms in total. The van der Waals surface area contributed by atoms with Gasteiger partial charge in [0.15, 0.2) is 6.29 Å². The molecule has 8 heterocycles. The Morgan fingerprint density at radius 3 is 1.60 bits per heavy atom. The first-order valence-electron chi connectivity index (χ1n) is 21.6. The third kappa shape index (κ3) is 12.4. The Labute approximate surface area is 495 Å². The predicted molar refractivity (Wildman–Crippen MR) is 348 cm³/mol. The van der Waals surface area contributed by atoms with Crippen molar-refractivity contribution >= 4 is 273 Å². The van der Waals surface area contributed by atoms with Gasteiger partial charge in [0.05, 0.1) is 39.9 Å². The lowest BCUT2D eigenvalue weighted by atomic mass is 10.2. The molecule has 0 spiro atoms. The molecule has 364 valence electrons. The van der Waals surface area contributed by atoms with Crippen molar-refractivity contribution in [2.75, 3.05) is 38.0 Å². The first-order valence-corrected chi connectivity index (χ1v) is 32.2. The Morgan fingerprint density at radius 2 is 1.01 bits per heavy atom. The van der Waals surface area contributed by atoms with Gasteiger partial charge < -0.3 is 9.80 Å². The summed E-state index contributed by atoms with van der Waals surface area (Å²) in [4.78, 5) is 19.9. The van der Waals surface area contributed by atoms with Crippen LogP contribution in [0.25, 0.3) is 89.6 Å². The number of benzene rings is 5. The first-order chi connectivity index (χ1) is 35.2. The van der Waals surface area contributed by atoms with Gasteiger partial charge in [-0.05, 0) is 139 Å². The zero-order chi connectivity index (χ0) is 51.5. The van der Waals surface area contributed by atoms with Crippen molar-refractivity contribution < 1.29 is 4.79 Å². The van der Waals surface area contributed by atoms with E-state index >= 15 is 0 Å². The Bertz CT molecular complexity index is 4250. The lowest BCUT2D eigenvalue weighted by Gasteiger charge is -2.11. The van der Waals surface area contributed by atoms with Crippen LogP contribution in [-0.4, -0.2) is 34.5 Å². The molecule has 0 bridgehead atoms. The average molecular weight is 1420 g/mol. The zero-order valence-electron chi connectivity index (χ0n) is 38.6. The Balaban J connectivity index is 0.000000115. The second-order valence-electron chi connectivity index (χ2n) is 16.2.